The summed E-state index contributed by atoms with van der Waals surface area (Å²) in [6.45, 7) is 0.891. The first-order chi connectivity index (χ1) is 18.1. The largest absolute Gasteiger partial charge is 0.460 e. The fourth-order valence-corrected chi connectivity index (χ4v) is 4.63. The van der Waals surface area contributed by atoms with Crippen molar-refractivity contribution < 1.29 is 37.7 Å². The van der Waals surface area contributed by atoms with Crippen molar-refractivity contribution in [3.8, 4) is 11.4 Å². The van der Waals surface area contributed by atoms with E-state index in [1.807, 2.05) is 0 Å². The number of nitrogens with one attached hydrogen (secondary N) is 1. The Hall–Kier alpha value is -4.03. The van der Waals surface area contributed by atoms with Crippen molar-refractivity contribution in [2.75, 3.05) is 6.54 Å². The fourth-order valence-electron chi connectivity index (χ4n) is 4.63. The summed E-state index contributed by atoms with van der Waals surface area (Å²) in [4.78, 5) is 53.1. The summed E-state index contributed by atoms with van der Waals surface area (Å²) in [5.74, 6) is -3.30. The lowest BCUT2D eigenvalue weighted by atomic mass is 10.0. The number of esters is 1. The molecule has 1 aromatic carbocycles. The third kappa shape index (κ3) is 4.92. The number of carbonyl (C=O) groups is 3. The molecule has 4 heterocycles. The molecule has 0 radical (unpaired) electrons. The molecule has 1 amide bonds. The topological polar surface area (TPSA) is 137 Å². The van der Waals surface area contributed by atoms with Gasteiger partial charge >= 0.3 is 5.97 Å². The summed E-state index contributed by atoms with van der Waals surface area (Å²) in [7, 11) is 0. The number of aliphatic hydroxyl groups excluding tert-OH is 1. The SMILES string of the molecule is CC(=O)CCC(=O)NCC(O)O[C@@H]1CC(=O)OCc2c1cc1n(c2=O)Cc2cc3cc(F)c(F)cc3nc2-1. The Morgan fingerprint density at radius 1 is 1.21 bits per heavy atom. The average molecular weight is 527 g/mol. The van der Waals surface area contributed by atoms with E-state index < -0.39 is 41.5 Å². The Bertz CT molecular complexity index is 1550. The molecule has 2 N–H and O–H groups in total. The van der Waals surface area contributed by atoms with Crippen molar-refractivity contribution in [3.63, 3.8) is 0 Å². The molecule has 198 valence electrons. The molecule has 12 heteroatoms. The number of aliphatic hydroxyl groups is 1. The smallest absolute Gasteiger partial charge is 0.309 e. The van der Waals surface area contributed by atoms with Gasteiger partial charge in [0.2, 0.25) is 5.91 Å². The summed E-state index contributed by atoms with van der Waals surface area (Å²) in [5.41, 5.74) is 1.66. The Kier molecular flexibility index (Phi) is 6.76. The second-order valence-corrected chi connectivity index (χ2v) is 9.26. The third-order valence-corrected chi connectivity index (χ3v) is 6.52. The zero-order valence-electron chi connectivity index (χ0n) is 20.3. The summed E-state index contributed by atoms with van der Waals surface area (Å²) in [6, 6.07) is 5.29. The van der Waals surface area contributed by atoms with Gasteiger partial charge in [-0.15, -0.1) is 0 Å². The maximum absolute atomic E-state index is 13.8. The first-order valence-corrected chi connectivity index (χ1v) is 11.9. The van der Waals surface area contributed by atoms with E-state index >= 15 is 0 Å². The molecule has 0 spiro atoms. The highest BCUT2D eigenvalue weighted by atomic mass is 19.2. The number of nitrogens with zero attached hydrogens (tertiary/aromatic N) is 2. The van der Waals surface area contributed by atoms with Gasteiger partial charge in [0.1, 0.15) is 12.4 Å². The third-order valence-electron chi connectivity index (χ3n) is 6.52. The molecule has 2 aliphatic rings. The summed E-state index contributed by atoms with van der Waals surface area (Å²) in [6.07, 6.45) is -2.87. The zero-order valence-corrected chi connectivity index (χ0v) is 20.3. The first-order valence-electron chi connectivity index (χ1n) is 11.9. The number of amides is 1. The molecule has 0 aliphatic carbocycles. The minimum atomic E-state index is -1.52. The number of Topliss-reactive ketones (excluding diaryl/α,β-unsaturated/α-hetero) is 1. The number of halogens is 2. The van der Waals surface area contributed by atoms with Gasteiger partial charge in [0.15, 0.2) is 17.9 Å². The van der Waals surface area contributed by atoms with Gasteiger partial charge in [-0.25, -0.2) is 13.8 Å². The van der Waals surface area contributed by atoms with Gasteiger partial charge in [-0.05, 0) is 30.7 Å². The van der Waals surface area contributed by atoms with Crippen LogP contribution in [-0.4, -0.2) is 45.2 Å². The second-order valence-electron chi connectivity index (χ2n) is 9.26. The number of pyridine rings is 2. The number of hydrogen-bond acceptors (Lipinski definition) is 8. The van der Waals surface area contributed by atoms with E-state index in [0.29, 0.717) is 27.9 Å². The molecular formula is C26H23F2N3O7. The molecule has 2 aromatic heterocycles. The van der Waals surface area contributed by atoms with E-state index in [2.05, 4.69) is 10.3 Å². The monoisotopic (exact) mass is 527 g/mol. The normalized spacial score (nSPS) is 16.7. The fraction of sp³-hybridized carbons (Fsp3) is 0.346. The van der Waals surface area contributed by atoms with Crippen molar-refractivity contribution in [1.29, 1.82) is 0 Å². The number of ketones is 1. The molecule has 3 aromatic rings. The molecule has 0 fully saturated rings. The lowest BCUT2D eigenvalue weighted by Gasteiger charge is -2.22. The number of cyclic esters (lactones) is 1. The molecular weight excluding hydrogens is 504 g/mol. The van der Waals surface area contributed by atoms with E-state index in [-0.39, 0.29) is 55.8 Å². The van der Waals surface area contributed by atoms with E-state index in [0.717, 1.165) is 12.1 Å². The minimum Gasteiger partial charge on any atom is -0.460 e. The number of rotatable bonds is 7. The Labute approximate surface area is 214 Å². The molecule has 5 rings (SSSR count). The van der Waals surface area contributed by atoms with E-state index in [1.165, 1.54) is 11.5 Å². The van der Waals surface area contributed by atoms with Crippen LogP contribution in [0, 0.1) is 11.6 Å². The molecule has 38 heavy (non-hydrogen) atoms. The predicted molar refractivity (Wildman–Crippen MR) is 128 cm³/mol. The maximum atomic E-state index is 13.8. The molecule has 0 saturated heterocycles. The van der Waals surface area contributed by atoms with E-state index in [9.17, 15) is 33.1 Å². The van der Waals surface area contributed by atoms with E-state index in [1.54, 1.807) is 12.1 Å². The maximum Gasteiger partial charge on any atom is 0.309 e. The van der Waals surface area contributed by atoms with Crippen LogP contribution in [-0.2, 0) is 37.0 Å². The molecule has 10 nitrogen and oxygen atoms in total. The van der Waals surface area contributed by atoms with Gasteiger partial charge in [0.05, 0.1) is 48.1 Å². The van der Waals surface area contributed by atoms with Crippen LogP contribution < -0.4 is 10.9 Å². The minimum absolute atomic E-state index is 0.0405. The van der Waals surface area contributed by atoms with Gasteiger partial charge in [-0.2, -0.15) is 0 Å². The lowest BCUT2D eigenvalue weighted by Crippen LogP contribution is -2.35. The number of carbonyl (C=O) groups excluding carboxylic acids is 3. The van der Waals surface area contributed by atoms with Gasteiger partial charge in [0, 0.05) is 29.9 Å². The summed E-state index contributed by atoms with van der Waals surface area (Å²) >= 11 is 0. The highest BCUT2D eigenvalue weighted by molar-refractivity contribution is 5.85. The van der Waals surface area contributed by atoms with Gasteiger partial charge < -0.3 is 29.3 Å². The van der Waals surface area contributed by atoms with Crippen LogP contribution in [0.3, 0.4) is 0 Å². The molecule has 2 atom stereocenters. The van der Waals surface area contributed by atoms with E-state index in [4.69, 9.17) is 9.47 Å². The number of ether oxygens (including phenoxy) is 2. The van der Waals surface area contributed by atoms with Crippen LogP contribution in [0.4, 0.5) is 8.78 Å². The number of fused-ring (bicyclic) bond motifs is 5. The van der Waals surface area contributed by atoms with Gasteiger partial charge in [-0.3, -0.25) is 14.4 Å². The van der Waals surface area contributed by atoms with Crippen molar-refractivity contribution >= 4 is 28.6 Å². The molecule has 1 unspecified atom stereocenters. The first kappa shape index (κ1) is 25.6. The van der Waals surface area contributed by atoms with Crippen molar-refractivity contribution in [1.82, 2.24) is 14.9 Å². The zero-order chi connectivity index (χ0) is 27.1. The quantitative estimate of drug-likeness (QED) is 0.275. The molecule has 2 aliphatic heterocycles. The van der Waals surface area contributed by atoms with Crippen LogP contribution in [0.25, 0.3) is 22.3 Å². The summed E-state index contributed by atoms with van der Waals surface area (Å²) in [5, 5.41) is 13.2. The van der Waals surface area contributed by atoms with Crippen molar-refractivity contribution in [2.24, 2.45) is 0 Å². The Morgan fingerprint density at radius 2 is 1.97 bits per heavy atom. The van der Waals surface area contributed by atoms with Gasteiger partial charge in [-0.1, -0.05) is 0 Å². The number of aromatic nitrogens is 2. The van der Waals surface area contributed by atoms with Crippen LogP contribution in [0.1, 0.15) is 49.0 Å². The predicted octanol–water partition coefficient (Wildman–Crippen LogP) is 2.01. The average Bonchev–Trinajstić information content (AvgIpc) is 3.13. The van der Waals surface area contributed by atoms with Crippen molar-refractivity contribution in [3.05, 3.63) is 62.9 Å². The highest BCUT2D eigenvalue weighted by Gasteiger charge is 2.33. The standard InChI is InChI=1S/C26H23F2N3O7/c1-12(32)2-3-22(33)29-9-24(35)38-21-8-23(34)37-11-16-15(21)6-20-25-14(10-31(20)26(16)36)4-13-5-17(27)18(28)7-19(13)30-25/h4-7,21,24,35H,2-3,8-11H2,1H3,(H,29,33)/t21-,24?/m1/s1. The number of hydrogen-bond donors (Lipinski definition) is 2. The number of benzene rings is 1. The Balaban J connectivity index is 1.46. The van der Waals surface area contributed by atoms with Crippen molar-refractivity contribution in [2.45, 2.75) is 51.7 Å². The lowest BCUT2D eigenvalue weighted by molar-refractivity contribution is -0.159. The summed E-state index contributed by atoms with van der Waals surface area (Å²) < 4.78 is 39.9. The Morgan fingerprint density at radius 3 is 2.74 bits per heavy atom. The van der Waals surface area contributed by atoms with Crippen LogP contribution in [0.2, 0.25) is 0 Å². The molecule has 0 bridgehead atoms. The van der Waals surface area contributed by atoms with Crippen LogP contribution in [0.5, 0.6) is 0 Å². The highest BCUT2D eigenvalue weighted by Crippen LogP contribution is 2.36. The van der Waals surface area contributed by atoms with Gasteiger partial charge in [0.25, 0.3) is 5.56 Å². The second kappa shape index (κ2) is 10.0. The van der Waals surface area contributed by atoms with Crippen LogP contribution in [0.15, 0.2) is 29.1 Å². The molecule has 0 saturated carbocycles. The van der Waals surface area contributed by atoms with Crippen LogP contribution >= 0.6 is 0 Å².